The SMILES string of the molecule is CC(Cl)c1nc2cc(Br)cnc2n1Cc1ccncn1. The van der Waals surface area contributed by atoms with Gasteiger partial charge < -0.3 is 4.57 Å². The Morgan fingerprint density at radius 2 is 2.25 bits per heavy atom. The number of hydrogen-bond acceptors (Lipinski definition) is 4. The number of pyridine rings is 1. The summed E-state index contributed by atoms with van der Waals surface area (Å²) in [5, 5.41) is -0.204. The quantitative estimate of drug-likeness (QED) is 0.678. The van der Waals surface area contributed by atoms with Gasteiger partial charge in [0.1, 0.15) is 17.7 Å². The smallest absolute Gasteiger partial charge is 0.160 e. The van der Waals surface area contributed by atoms with Crippen molar-refractivity contribution in [3.8, 4) is 0 Å². The topological polar surface area (TPSA) is 56.5 Å². The van der Waals surface area contributed by atoms with Crippen LogP contribution in [-0.2, 0) is 6.54 Å². The fourth-order valence-electron chi connectivity index (χ4n) is 2.04. The van der Waals surface area contributed by atoms with E-state index in [0.717, 1.165) is 27.2 Å². The van der Waals surface area contributed by atoms with Gasteiger partial charge in [0.05, 0.1) is 17.6 Å². The molecule has 0 spiro atoms. The van der Waals surface area contributed by atoms with Crippen molar-refractivity contribution in [1.82, 2.24) is 24.5 Å². The summed E-state index contributed by atoms with van der Waals surface area (Å²) >= 11 is 9.63. The Hall–Kier alpha value is -1.53. The minimum Gasteiger partial charge on any atom is -0.305 e. The largest absolute Gasteiger partial charge is 0.305 e. The zero-order valence-corrected chi connectivity index (χ0v) is 13.0. The zero-order valence-electron chi connectivity index (χ0n) is 10.7. The van der Waals surface area contributed by atoms with Crippen LogP contribution in [0.2, 0.25) is 0 Å². The molecule has 0 aliphatic heterocycles. The van der Waals surface area contributed by atoms with Gasteiger partial charge in [0.2, 0.25) is 0 Å². The first-order chi connectivity index (χ1) is 9.65. The first kappa shape index (κ1) is 13.5. The van der Waals surface area contributed by atoms with Crippen LogP contribution in [0.3, 0.4) is 0 Å². The van der Waals surface area contributed by atoms with Crippen molar-refractivity contribution < 1.29 is 0 Å². The third-order valence-corrected chi connectivity index (χ3v) is 3.53. The Labute approximate surface area is 129 Å². The Bertz CT molecular complexity index is 741. The Morgan fingerprint density at radius 1 is 1.40 bits per heavy atom. The molecule has 3 aromatic rings. The highest BCUT2D eigenvalue weighted by molar-refractivity contribution is 9.10. The lowest BCUT2D eigenvalue weighted by atomic mass is 10.3. The molecule has 0 N–H and O–H groups in total. The van der Waals surface area contributed by atoms with Crippen LogP contribution in [0.1, 0.15) is 23.8 Å². The van der Waals surface area contributed by atoms with E-state index in [9.17, 15) is 0 Å². The third-order valence-electron chi connectivity index (χ3n) is 2.90. The van der Waals surface area contributed by atoms with E-state index in [1.807, 2.05) is 23.6 Å². The van der Waals surface area contributed by atoms with Crippen LogP contribution < -0.4 is 0 Å². The second-order valence-electron chi connectivity index (χ2n) is 4.37. The second kappa shape index (κ2) is 5.46. The van der Waals surface area contributed by atoms with Crippen molar-refractivity contribution in [1.29, 1.82) is 0 Å². The Morgan fingerprint density at radius 3 is 2.95 bits per heavy atom. The van der Waals surface area contributed by atoms with Crippen LogP contribution in [0.5, 0.6) is 0 Å². The van der Waals surface area contributed by atoms with Crippen molar-refractivity contribution in [3.05, 3.63) is 46.8 Å². The first-order valence-corrected chi connectivity index (χ1v) is 7.28. The lowest BCUT2D eigenvalue weighted by Crippen LogP contribution is -2.07. The van der Waals surface area contributed by atoms with Crippen molar-refractivity contribution >= 4 is 38.7 Å². The first-order valence-electron chi connectivity index (χ1n) is 6.06. The van der Waals surface area contributed by atoms with Gasteiger partial charge in [0, 0.05) is 16.9 Å². The zero-order chi connectivity index (χ0) is 14.1. The Balaban J connectivity index is 2.14. The fourth-order valence-corrected chi connectivity index (χ4v) is 2.52. The summed E-state index contributed by atoms with van der Waals surface area (Å²) in [6, 6.07) is 3.80. The number of fused-ring (bicyclic) bond motifs is 1. The standard InChI is InChI=1S/C13H11BrClN5/c1-8(15)12-19-11-4-9(14)5-17-13(11)20(12)6-10-2-3-16-7-18-10/h2-5,7-8H,6H2,1H3. The molecule has 3 heterocycles. The summed E-state index contributed by atoms with van der Waals surface area (Å²) in [5.41, 5.74) is 2.51. The van der Waals surface area contributed by atoms with E-state index >= 15 is 0 Å². The molecule has 20 heavy (non-hydrogen) atoms. The van der Waals surface area contributed by atoms with Gasteiger partial charge in [-0.25, -0.2) is 19.9 Å². The van der Waals surface area contributed by atoms with E-state index in [1.165, 1.54) is 6.33 Å². The third kappa shape index (κ3) is 2.53. The molecule has 1 atom stereocenters. The number of rotatable bonds is 3. The van der Waals surface area contributed by atoms with Gasteiger partial charge in [0.25, 0.3) is 0 Å². The van der Waals surface area contributed by atoms with Crippen molar-refractivity contribution in [2.45, 2.75) is 18.8 Å². The molecule has 0 amide bonds. The molecule has 0 aliphatic carbocycles. The number of hydrogen-bond donors (Lipinski definition) is 0. The van der Waals surface area contributed by atoms with E-state index in [4.69, 9.17) is 11.6 Å². The van der Waals surface area contributed by atoms with Crippen molar-refractivity contribution in [2.24, 2.45) is 0 Å². The van der Waals surface area contributed by atoms with Gasteiger partial charge in [-0.3, -0.25) is 0 Å². The molecule has 0 radical (unpaired) electrons. The van der Waals surface area contributed by atoms with E-state index in [1.54, 1.807) is 12.4 Å². The molecule has 5 nitrogen and oxygen atoms in total. The second-order valence-corrected chi connectivity index (χ2v) is 5.94. The van der Waals surface area contributed by atoms with Crippen molar-refractivity contribution in [2.75, 3.05) is 0 Å². The van der Waals surface area contributed by atoms with E-state index < -0.39 is 0 Å². The van der Waals surface area contributed by atoms with Gasteiger partial charge in [-0.1, -0.05) is 0 Å². The maximum Gasteiger partial charge on any atom is 0.160 e. The summed E-state index contributed by atoms with van der Waals surface area (Å²) < 4.78 is 2.88. The number of halogens is 2. The Kier molecular flexibility index (Phi) is 3.67. The summed E-state index contributed by atoms with van der Waals surface area (Å²) in [7, 11) is 0. The average molecular weight is 353 g/mol. The molecule has 0 aliphatic rings. The predicted molar refractivity (Wildman–Crippen MR) is 80.6 cm³/mol. The molecule has 0 bridgehead atoms. The highest BCUT2D eigenvalue weighted by atomic mass is 79.9. The number of aromatic nitrogens is 5. The monoisotopic (exact) mass is 351 g/mol. The molecule has 102 valence electrons. The average Bonchev–Trinajstić information content (AvgIpc) is 2.78. The molecular formula is C13H11BrClN5. The van der Waals surface area contributed by atoms with Gasteiger partial charge >= 0.3 is 0 Å². The minimum absolute atomic E-state index is 0.204. The van der Waals surface area contributed by atoms with Gasteiger partial charge in [-0.15, -0.1) is 11.6 Å². The van der Waals surface area contributed by atoms with Crippen LogP contribution in [0.4, 0.5) is 0 Å². The number of alkyl halides is 1. The molecule has 1 unspecified atom stereocenters. The lowest BCUT2D eigenvalue weighted by molar-refractivity contribution is 0.719. The number of nitrogens with zero attached hydrogens (tertiary/aromatic N) is 5. The highest BCUT2D eigenvalue weighted by Crippen LogP contribution is 2.25. The highest BCUT2D eigenvalue weighted by Gasteiger charge is 2.16. The van der Waals surface area contributed by atoms with Gasteiger partial charge in [-0.05, 0) is 35.0 Å². The minimum atomic E-state index is -0.204. The van der Waals surface area contributed by atoms with E-state index in [2.05, 4.69) is 35.9 Å². The van der Waals surface area contributed by atoms with Crippen molar-refractivity contribution in [3.63, 3.8) is 0 Å². The van der Waals surface area contributed by atoms with E-state index in [0.29, 0.717) is 6.54 Å². The molecular weight excluding hydrogens is 342 g/mol. The van der Waals surface area contributed by atoms with Gasteiger partial charge in [0.15, 0.2) is 5.65 Å². The molecule has 7 heteroatoms. The number of imidazole rings is 1. The predicted octanol–water partition coefficient (Wildman–Crippen LogP) is 3.33. The lowest BCUT2D eigenvalue weighted by Gasteiger charge is -2.09. The summed E-state index contributed by atoms with van der Waals surface area (Å²) in [4.78, 5) is 17.2. The molecule has 0 saturated heterocycles. The van der Waals surface area contributed by atoms with E-state index in [-0.39, 0.29) is 5.38 Å². The van der Waals surface area contributed by atoms with Crippen LogP contribution in [-0.4, -0.2) is 24.5 Å². The summed E-state index contributed by atoms with van der Waals surface area (Å²) in [6.07, 6.45) is 5.00. The fraction of sp³-hybridized carbons (Fsp3) is 0.231. The molecule has 0 saturated carbocycles. The molecule has 0 fully saturated rings. The summed E-state index contributed by atoms with van der Waals surface area (Å²) in [6.45, 7) is 2.47. The normalized spacial score (nSPS) is 12.8. The maximum absolute atomic E-state index is 6.23. The van der Waals surface area contributed by atoms with Crippen LogP contribution in [0.25, 0.3) is 11.2 Å². The molecule has 0 aromatic carbocycles. The molecule has 3 rings (SSSR count). The maximum atomic E-state index is 6.23. The summed E-state index contributed by atoms with van der Waals surface area (Å²) in [5.74, 6) is 0.783. The van der Waals surface area contributed by atoms with Gasteiger partial charge in [-0.2, -0.15) is 0 Å². The van der Waals surface area contributed by atoms with Crippen LogP contribution >= 0.6 is 27.5 Å². The van der Waals surface area contributed by atoms with Crippen LogP contribution in [0.15, 0.2) is 35.3 Å². The van der Waals surface area contributed by atoms with Crippen LogP contribution in [0, 0.1) is 0 Å². The molecule has 3 aromatic heterocycles.